The Labute approximate surface area is 200 Å². The zero-order chi connectivity index (χ0) is 23.5. The molecule has 1 aliphatic carbocycles. The van der Waals surface area contributed by atoms with E-state index < -0.39 is 0 Å². The highest BCUT2D eigenvalue weighted by molar-refractivity contribution is 7.18. The van der Waals surface area contributed by atoms with Crippen LogP contribution in [-0.4, -0.2) is 23.0 Å². The molecule has 0 atom stereocenters. The van der Waals surface area contributed by atoms with Crippen molar-refractivity contribution in [2.75, 3.05) is 7.11 Å². The molecule has 0 aliphatic heterocycles. The Morgan fingerprint density at radius 2 is 1.82 bits per heavy atom. The molecular weight excluding hydrogens is 448 g/mol. The number of ether oxygens (including phenoxy) is 2. The van der Waals surface area contributed by atoms with Crippen molar-refractivity contribution < 1.29 is 14.3 Å². The Morgan fingerprint density at radius 1 is 1.06 bits per heavy atom. The minimum atomic E-state index is -0.357. The van der Waals surface area contributed by atoms with E-state index in [1.54, 1.807) is 23.5 Å². The van der Waals surface area contributed by atoms with Gasteiger partial charge in [0, 0.05) is 4.88 Å². The Hall–Kier alpha value is -3.71. The Kier molecular flexibility index (Phi) is 6.27. The Bertz CT molecular complexity index is 1420. The number of benzene rings is 2. The SMILES string of the molecule is COC(=O)c1ccc(COc2ccc(C=Cc3nc4sc5c(c4c(=O)[nH]3)CCCC5)cc2)cc1. The lowest BCUT2D eigenvalue weighted by atomic mass is 9.97. The van der Waals surface area contributed by atoms with Crippen LogP contribution >= 0.6 is 11.3 Å². The second kappa shape index (κ2) is 9.65. The van der Waals surface area contributed by atoms with Crippen LogP contribution in [-0.2, 0) is 24.2 Å². The van der Waals surface area contributed by atoms with Gasteiger partial charge in [0.15, 0.2) is 0 Å². The molecular formula is C27H24N2O4S. The number of aromatic amines is 1. The first kappa shape index (κ1) is 22.1. The first-order valence-electron chi connectivity index (χ1n) is 11.2. The van der Waals surface area contributed by atoms with Gasteiger partial charge in [-0.25, -0.2) is 9.78 Å². The topological polar surface area (TPSA) is 81.3 Å². The van der Waals surface area contributed by atoms with Crippen molar-refractivity contribution >= 4 is 39.7 Å². The number of rotatable bonds is 6. The third-order valence-electron chi connectivity index (χ3n) is 5.94. The Balaban J connectivity index is 1.24. The van der Waals surface area contributed by atoms with Gasteiger partial charge >= 0.3 is 5.97 Å². The van der Waals surface area contributed by atoms with E-state index in [-0.39, 0.29) is 11.5 Å². The molecule has 1 aliphatic rings. The third kappa shape index (κ3) is 4.65. The lowest BCUT2D eigenvalue weighted by molar-refractivity contribution is 0.0600. The van der Waals surface area contributed by atoms with E-state index in [1.165, 1.54) is 24.0 Å². The van der Waals surface area contributed by atoms with E-state index in [4.69, 9.17) is 9.47 Å². The number of nitrogens with zero attached hydrogens (tertiary/aromatic N) is 1. The second-order valence-electron chi connectivity index (χ2n) is 8.22. The molecule has 1 N–H and O–H groups in total. The molecule has 6 nitrogen and oxygen atoms in total. The van der Waals surface area contributed by atoms with E-state index in [0.717, 1.165) is 46.4 Å². The summed E-state index contributed by atoms with van der Waals surface area (Å²) < 4.78 is 10.6. The predicted octanol–water partition coefficient (Wildman–Crippen LogP) is 5.40. The molecule has 0 spiro atoms. The molecule has 4 aromatic rings. The number of aryl methyl sites for hydroxylation is 2. The fourth-order valence-corrected chi connectivity index (χ4v) is 5.40. The van der Waals surface area contributed by atoms with Crippen molar-refractivity contribution in [3.8, 4) is 5.75 Å². The van der Waals surface area contributed by atoms with Crippen molar-refractivity contribution in [1.29, 1.82) is 0 Å². The minimum absolute atomic E-state index is 0.0487. The van der Waals surface area contributed by atoms with E-state index >= 15 is 0 Å². The summed E-state index contributed by atoms with van der Waals surface area (Å²) in [5, 5.41) is 0.776. The van der Waals surface area contributed by atoms with Crippen LogP contribution < -0.4 is 10.3 Å². The highest BCUT2D eigenvalue weighted by Crippen LogP contribution is 2.33. The summed E-state index contributed by atoms with van der Waals surface area (Å²) in [6, 6.07) is 14.8. The zero-order valence-corrected chi connectivity index (χ0v) is 19.6. The molecule has 2 aromatic carbocycles. The number of methoxy groups -OCH3 is 1. The molecule has 34 heavy (non-hydrogen) atoms. The quantitative estimate of drug-likeness (QED) is 0.380. The standard InChI is InChI=1S/C27H24N2O4S/c1-32-27(31)19-11-6-18(7-12-19)16-33-20-13-8-17(9-14-20)10-15-23-28-25(30)24-21-4-2-3-5-22(21)34-26(24)29-23/h6-15H,2-5,16H2,1H3,(H,28,29,30). The summed E-state index contributed by atoms with van der Waals surface area (Å²) in [5.74, 6) is 0.947. The molecule has 0 fully saturated rings. The van der Waals surface area contributed by atoms with Gasteiger partial charge in [0.05, 0.1) is 18.1 Å². The maximum Gasteiger partial charge on any atom is 0.337 e. The van der Waals surface area contributed by atoms with Gasteiger partial charge in [0.1, 0.15) is 23.0 Å². The minimum Gasteiger partial charge on any atom is -0.489 e. The highest BCUT2D eigenvalue weighted by atomic mass is 32.1. The van der Waals surface area contributed by atoms with Crippen molar-refractivity contribution in [3.63, 3.8) is 0 Å². The van der Waals surface area contributed by atoms with E-state index in [0.29, 0.717) is 18.0 Å². The van der Waals surface area contributed by atoms with Gasteiger partial charge in [0.2, 0.25) is 0 Å². The molecule has 0 amide bonds. The molecule has 0 radical (unpaired) electrons. The van der Waals surface area contributed by atoms with Crippen molar-refractivity contribution in [3.05, 3.63) is 91.8 Å². The monoisotopic (exact) mass is 472 g/mol. The number of aromatic nitrogens is 2. The van der Waals surface area contributed by atoms with Crippen LogP contribution in [0, 0.1) is 0 Å². The summed E-state index contributed by atoms with van der Waals surface area (Å²) in [6.45, 7) is 0.395. The van der Waals surface area contributed by atoms with Gasteiger partial charge in [-0.3, -0.25) is 4.79 Å². The van der Waals surface area contributed by atoms with Gasteiger partial charge in [-0.15, -0.1) is 11.3 Å². The summed E-state index contributed by atoms with van der Waals surface area (Å²) in [7, 11) is 1.36. The summed E-state index contributed by atoms with van der Waals surface area (Å²) in [5.41, 5.74) is 3.59. The van der Waals surface area contributed by atoms with Gasteiger partial charge in [-0.1, -0.05) is 30.3 Å². The molecule has 5 rings (SSSR count). The first-order chi connectivity index (χ1) is 16.6. The smallest absolute Gasteiger partial charge is 0.337 e. The average molecular weight is 473 g/mol. The number of esters is 1. The van der Waals surface area contributed by atoms with Gasteiger partial charge in [0.25, 0.3) is 5.56 Å². The molecule has 172 valence electrons. The molecule has 2 aromatic heterocycles. The molecule has 0 saturated heterocycles. The largest absolute Gasteiger partial charge is 0.489 e. The highest BCUT2D eigenvalue weighted by Gasteiger charge is 2.19. The van der Waals surface area contributed by atoms with Crippen LogP contribution in [0.2, 0.25) is 0 Å². The molecule has 2 heterocycles. The lowest BCUT2D eigenvalue weighted by Crippen LogP contribution is -2.11. The van der Waals surface area contributed by atoms with Crippen LogP contribution in [0.4, 0.5) is 0 Å². The average Bonchev–Trinajstić information content (AvgIpc) is 3.25. The summed E-state index contributed by atoms with van der Waals surface area (Å²) in [6.07, 6.45) is 8.11. The third-order valence-corrected chi connectivity index (χ3v) is 7.12. The van der Waals surface area contributed by atoms with Crippen molar-refractivity contribution in [1.82, 2.24) is 9.97 Å². The van der Waals surface area contributed by atoms with Crippen LogP contribution in [0.5, 0.6) is 5.75 Å². The van der Waals surface area contributed by atoms with E-state index in [1.807, 2.05) is 48.6 Å². The van der Waals surface area contributed by atoms with Crippen molar-refractivity contribution in [2.24, 2.45) is 0 Å². The number of hydrogen-bond donors (Lipinski definition) is 1. The predicted molar refractivity (Wildman–Crippen MR) is 134 cm³/mol. The number of nitrogens with one attached hydrogen (secondary N) is 1. The Morgan fingerprint density at radius 3 is 2.59 bits per heavy atom. The zero-order valence-electron chi connectivity index (χ0n) is 18.8. The number of carbonyl (C=O) groups is 1. The maximum atomic E-state index is 12.7. The van der Waals surface area contributed by atoms with E-state index in [2.05, 4.69) is 9.97 Å². The summed E-state index contributed by atoms with van der Waals surface area (Å²) >= 11 is 1.65. The van der Waals surface area contributed by atoms with Gasteiger partial charge < -0.3 is 14.5 Å². The van der Waals surface area contributed by atoms with Gasteiger partial charge in [-0.05, 0) is 72.7 Å². The van der Waals surface area contributed by atoms with Crippen LogP contribution in [0.15, 0.2) is 53.3 Å². The lowest BCUT2D eigenvalue weighted by Gasteiger charge is -2.09. The normalized spacial score (nSPS) is 13.2. The fraction of sp³-hybridized carbons (Fsp3) is 0.222. The number of H-pyrrole nitrogens is 1. The van der Waals surface area contributed by atoms with Crippen molar-refractivity contribution in [2.45, 2.75) is 32.3 Å². The van der Waals surface area contributed by atoms with Crippen LogP contribution in [0.1, 0.15) is 50.6 Å². The van der Waals surface area contributed by atoms with E-state index in [9.17, 15) is 9.59 Å². The number of hydrogen-bond acceptors (Lipinski definition) is 6. The molecule has 7 heteroatoms. The second-order valence-corrected chi connectivity index (χ2v) is 9.31. The molecule has 0 saturated carbocycles. The fourth-order valence-electron chi connectivity index (χ4n) is 4.13. The number of carbonyl (C=O) groups excluding carboxylic acids is 1. The van der Waals surface area contributed by atoms with Crippen LogP contribution in [0.3, 0.4) is 0 Å². The summed E-state index contributed by atoms with van der Waals surface area (Å²) in [4.78, 5) is 33.9. The molecule has 0 bridgehead atoms. The number of thiophene rings is 1. The van der Waals surface area contributed by atoms with Gasteiger partial charge in [-0.2, -0.15) is 0 Å². The first-order valence-corrected chi connectivity index (χ1v) is 12.0. The van der Waals surface area contributed by atoms with Crippen LogP contribution in [0.25, 0.3) is 22.4 Å². The molecule has 0 unspecified atom stereocenters. The maximum absolute atomic E-state index is 12.7. The number of fused-ring (bicyclic) bond motifs is 3.